The maximum Gasteiger partial charge on any atom is 0.212 e. The Bertz CT molecular complexity index is 164. The fourth-order valence-electron chi connectivity index (χ4n) is 0.599. The van der Waals surface area contributed by atoms with Gasteiger partial charge in [-0.2, -0.15) is 0 Å². The summed E-state index contributed by atoms with van der Waals surface area (Å²) in [6.45, 7) is 1.51. The fourth-order valence-corrected chi connectivity index (χ4v) is 1.24. The van der Waals surface area contributed by atoms with E-state index in [-0.39, 0.29) is 0 Å². The molecule has 0 aliphatic rings. The standard InChI is InChI=1S/C5H13IN2O2S/c1-7(2)4-3-5-8(6)11(9)10/h11H,3-5H2,1-2H3. The summed E-state index contributed by atoms with van der Waals surface area (Å²) in [7, 11) is 1.54. The van der Waals surface area contributed by atoms with Crippen LogP contribution in [0.2, 0.25) is 0 Å². The predicted molar refractivity (Wildman–Crippen MR) is 54.2 cm³/mol. The molecule has 11 heavy (non-hydrogen) atoms. The SMILES string of the molecule is CN(C)CCCN(I)[SH](=O)=O. The van der Waals surface area contributed by atoms with Crippen molar-refractivity contribution in [3.63, 3.8) is 0 Å². The minimum absolute atomic E-state index is 0.595. The van der Waals surface area contributed by atoms with Gasteiger partial charge in [-0.05, 0) is 27.1 Å². The Balaban J connectivity index is 3.39. The number of rotatable bonds is 5. The molecular formula is C5H13IN2O2S. The third kappa shape index (κ3) is 6.98. The Morgan fingerprint density at radius 3 is 2.18 bits per heavy atom. The van der Waals surface area contributed by atoms with E-state index in [1.165, 1.54) is 2.52 Å². The average molecular weight is 292 g/mol. The highest BCUT2D eigenvalue weighted by atomic mass is 127. The quantitative estimate of drug-likeness (QED) is 0.444. The van der Waals surface area contributed by atoms with Crippen molar-refractivity contribution in [3.8, 4) is 0 Å². The monoisotopic (exact) mass is 292 g/mol. The first-order chi connectivity index (χ1) is 5.04. The molecule has 0 saturated carbocycles. The molecule has 0 aliphatic carbocycles. The first-order valence-corrected chi connectivity index (χ1v) is 5.36. The van der Waals surface area contributed by atoms with Crippen LogP contribution >= 0.6 is 22.9 Å². The number of nitrogens with zero attached hydrogens (tertiary/aromatic N) is 2. The zero-order chi connectivity index (χ0) is 8.85. The van der Waals surface area contributed by atoms with Gasteiger partial charge in [-0.25, -0.2) is 8.42 Å². The zero-order valence-corrected chi connectivity index (χ0v) is 9.71. The lowest BCUT2D eigenvalue weighted by molar-refractivity contribution is 0.393. The molecule has 0 heterocycles. The van der Waals surface area contributed by atoms with E-state index in [2.05, 4.69) is 0 Å². The molecule has 0 N–H and O–H groups in total. The van der Waals surface area contributed by atoms with Gasteiger partial charge < -0.3 is 4.90 Å². The van der Waals surface area contributed by atoms with Crippen molar-refractivity contribution in [2.24, 2.45) is 0 Å². The smallest absolute Gasteiger partial charge is 0.212 e. The van der Waals surface area contributed by atoms with Gasteiger partial charge in [0, 0.05) is 29.4 Å². The van der Waals surface area contributed by atoms with Crippen molar-refractivity contribution in [2.45, 2.75) is 6.42 Å². The van der Waals surface area contributed by atoms with Crippen LogP contribution in [0.3, 0.4) is 0 Å². The molecule has 4 nitrogen and oxygen atoms in total. The summed E-state index contributed by atoms with van der Waals surface area (Å²) < 4.78 is 21.9. The molecular weight excluding hydrogens is 279 g/mol. The van der Waals surface area contributed by atoms with E-state index >= 15 is 0 Å². The van der Waals surface area contributed by atoms with Crippen LogP contribution in [-0.4, -0.2) is 43.0 Å². The van der Waals surface area contributed by atoms with Crippen molar-refractivity contribution < 1.29 is 8.42 Å². The van der Waals surface area contributed by atoms with Crippen LogP contribution in [-0.2, 0) is 10.9 Å². The van der Waals surface area contributed by atoms with Gasteiger partial charge >= 0.3 is 0 Å². The summed E-state index contributed by atoms with van der Waals surface area (Å²) in [6, 6.07) is 0. The topological polar surface area (TPSA) is 40.6 Å². The highest BCUT2D eigenvalue weighted by Gasteiger charge is 2.00. The molecule has 0 aromatic carbocycles. The summed E-state index contributed by atoms with van der Waals surface area (Å²) in [5.41, 5.74) is 0. The molecule has 0 atom stereocenters. The molecule has 0 bridgehead atoms. The predicted octanol–water partition coefficient (Wildman–Crippen LogP) is 0.116. The lowest BCUT2D eigenvalue weighted by Crippen LogP contribution is -2.18. The molecule has 0 spiro atoms. The van der Waals surface area contributed by atoms with E-state index in [0.29, 0.717) is 6.54 Å². The van der Waals surface area contributed by atoms with Crippen LogP contribution in [0, 0.1) is 0 Å². The molecule has 0 aromatic heterocycles. The molecule has 6 heteroatoms. The van der Waals surface area contributed by atoms with Gasteiger partial charge in [-0.1, -0.05) is 0 Å². The van der Waals surface area contributed by atoms with E-state index in [1.54, 1.807) is 22.9 Å². The molecule has 0 radical (unpaired) electrons. The van der Waals surface area contributed by atoms with Crippen LogP contribution in [0.1, 0.15) is 6.42 Å². The molecule has 0 saturated heterocycles. The maximum absolute atomic E-state index is 10.3. The number of thiol groups is 1. The Morgan fingerprint density at radius 1 is 1.27 bits per heavy atom. The normalized spacial score (nSPS) is 11.8. The first kappa shape index (κ1) is 11.6. The Kier molecular flexibility index (Phi) is 6.49. The van der Waals surface area contributed by atoms with E-state index in [0.717, 1.165) is 13.0 Å². The van der Waals surface area contributed by atoms with Crippen molar-refractivity contribution in [1.29, 1.82) is 0 Å². The van der Waals surface area contributed by atoms with E-state index in [9.17, 15) is 8.42 Å². The van der Waals surface area contributed by atoms with Crippen molar-refractivity contribution in [3.05, 3.63) is 0 Å². The third-order valence-electron chi connectivity index (χ3n) is 1.13. The average Bonchev–Trinajstić information content (AvgIpc) is 1.86. The van der Waals surface area contributed by atoms with Crippen LogP contribution in [0.15, 0.2) is 0 Å². The van der Waals surface area contributed by atoms with Gasteiger partial charge in [0.15, 0.2) is 0 Å². The lowest BCUT2D eigenvalue weighted by atomic mass is 10.4. The molecule has 0 amide bonds. The summed E-state index contributed by atoms with van der Waals surface area (Å²) >= 11 is 1.80. The largest absolute Gasteiger partial charge is 0.309 e. The summed E-state index contributed by atoms with van der Waals surface area (Å²) in [5, 5.41) is 0. The van der Waals surface area contributed by atoms with Crippen molar-refractivity contribution >= 4 is 33.8 Å². The Labute approximate surface area is 83.1 Å². The summed E-state index contributed by atoms with van der Waals surface area (Å²) in [6.07, 6.45) is 0.874. The molecule has 0 aliphatic heterocycles. The van der Waals surface area contributed by atoms with Gasteiger partial charge in [-0.3, -0.25) is 0 Å². The van der Waals surface area contributed by atoms with Crippen LogP contribution in [0.4, 0.5) is 0 Å². The van der Waals surface area contributed by atoms with Gasteiger partial charge in [-0.15, -0.1) is 2.52 Å². The van der Waals surface area contributed by atoms with Crippen LogP contribution in [0.25, 0.3) is 0 Å². The van der Waals surface area contributed by atoms with Crippen molar-refractivity contribution in [1.82, 2.24) is 7.42 Å². The third-order valence-corrected chi connectivity index (χ3v) is 3.22. The highest BCUT2D eigenvalue weighted by molar-refractivity contribution is 14.1. The maximum atomic E-state index is 10.3. The number of halogens is 1. The van der Waals surface area contributed by atoms with Crippen LogP contribution in [0.5, 0.6) is 0 Å². The van der Waals surface area contributed by atoms with E-state index in [1.807, 2.05) is 19.0 Å². The van der Waals surface area contributed by atoms with Gasteiger partial charge in [0.2, 0.25) is 10.9 Å². The second-order valence-corrected chi connectivity index (χ2v) is 5.34. The van der Waals surface area contributed by atoms with E-state index < -0.39 is 10.9 Å². The molecule has 68 valence electrons. The van der Waals surface area contributed by atoms with Crippen molar-refractivity contribution in [2.75, 3.05) is 27.2 Å². The molecule has 0 aromatic rings. The fraction of sp³-hybridized carbons (Fsp3) is 1.00. The minimum atomic E-state index is -2.39. The second kappa shape index (κ2) is 6.15. The lowest BCUT2D eigenvalue weighted by Gasteiger charge is -2.10. The van der Waals surface area contributed by atoms with Gasteiger partial charge in [0.1, 0.15) is 0 Å². The molecule has 0 rings (SSSR count). The van der Waals surface area contributed by atoms with Crippen LogP contribution < -0.4 is 0 Å². The highest BCUT2D eigenvalue weighted by Crippen LogP contribution is 1.99. The molecule has 0 fully saturated rings. The minimum Gasteiger partial charge on any atom is -0.309 e. The van der Waals surface area contributed by atoms with Gasteiger partial charge in [0.25, 0.3) is 0 Å². The Hall–Kier alpha value is 0.600. The Morgan fingerprint density at radius 2 is 1.82 bits per heavy atom. The first-order valence-electron chi connectivity index (χ1n) is 3.26. The molecule has 0 unspecified atom stereocenters. The van der Waals surface area contributed by atoms with Gasteiger partial charge in [0.05, 0.1) is 0 Å². The zero-order valence-electron chi connectivity index (χ0n) is 6.66. The summed E-state index contributed by atoms with van der Waals surface area (Å²) in [5.74, 6) is 0. The van der Waals surface area contributed by atoms with E-state index in [4.69, 9.17) is 0 Å². The number of hydrogen-bond acceptors (Lipinski definition) is 3. The number of hydrogen-bond donors (Lipinski definition) is 1. The second-order valence-electron chi connectivity index (χ2n) is 2.45. The summed E-state index contributed by atoms with van der Waals surface area (Å²) in [4.78, 5) is 2.03.